The fourth-order valence-electron chi connectivity index (χ4n) is 3.28. The summed E-state index contributed by atoms with van der Waals surface area (Å²) in [5.74, 6) is -2.11. The van der Waals surface area contributed by atoms with Crippen molar-refractivity contribution in [3.63, 3.8) is 0 Å². The summed E-state index contributed by atoms with van der Waals surface area (Å²) in [7, 11) is 0. The van der Waals surface area contributed by atoms with Crippen LogP contribution in [0, 0.1) is 18.6 Å². The lowest BCUT2D eigenvalue weighted by Gasteiger charge is -2.26. The predicted molar refractivity (Wildman–Crippen MR) is 96.5 cm³/mol. The molecule has 0 radical (unpaired) electrons. The number of hydrogen-bond acceptors (Lipinski definition) is 3. The number of halogens is 2. The van der Waals surface area contributed by atoms with Crippen molar-refractivity contribution in [2.24, 2.45) is 0 Å². The lowest BCUT2D eigenvalue weighted by atomic mass is 9.83. The van der Waals surface area contributed by atoms with Gasteiger partial charge in [-0.1, -0.05) is 12.1 Å². The second-order valence-corrected chi connectivity index (χ2v) is 7.28. The summed E-state index contributed by atoms with van der Waals surface area (Å²) < 4.78 is 31.3. The average Bonchev–Trinajstić information content (AvgIpc) is 2.58. The number of rotatable bonds is 3. The first-order valence-corrected chi connectivity index (χ1v) is 8.91. The van der Waals surface area contributed by atoms with Crippen LogP contribution in [0.5, 0.6) is 5.75 Å². The van der Waals surface area contributed by atoms with Crippen molar-refractivity contribution in [2.45, 2.75) is 43.8 Å². The SMILES string of the molecule is Cc1cc(C2CCC(S)CC2)ccc1C(=O)Oc1ccc(F)c(F)c1. The minimum atomic E-state index is -1.04. The lowest BCUT2D eigenvalue weighted by Crippen LogP contribution is -2.14. The molecule has 1 fully saturated rings. The number of benzene rings is 2. The Balaban J connectivity index is 1.73. The molecule has 25 heavy (non-hydrogen) atoms. The first-order valence-electron chi connectivity index (χ1n) is 8.40. The Labute approximate surface area is 151 Å². The molecule has 0 saturated heterocycles. The fourth-order valence-corrected chi connectivity index (χ4v) is 3.58. The van der Waals surface area contributed by atoms with Crippen molar-refractivity contribution in [1.29, 1.82) is 0 Å². The third kappa shape index (κ3) is 4.21. The fraction of sp³-hybridized carbons (Fsp3) is 0.350. The molecule has 1 saturated carbocycles. The van der Waals surface area contributed by atoms with E-state index in [9.17, 15) is 13.6 Å². The van der Waals surface area contributed by atoms with Crippen LogP contribution in [-0.4, -0.2) is 11.2 Å². The van der Waals surface area contributed by atoms with Gasteiger partial charge in [-0.3, -0.25) is 0 Å². The van der Waals surface area contributed by atoms with E-state index in [1.807, 2.05) is 19.1 Å². The number of esters is 1. The summed E-state index contributed by atoms with van der Waals surface area (Å²) in [6, 6.07) is 8.76. The molecule has 5 heteroatoms. The minimum Gasteiger partial charge on any atom is -0.423 e. The van der Waals surface area contributed by atoms with E-state index in [4.69, 9.17) is 4.74 Å². The van der Waals surface area contributed by atoms with E-state index in [-0.39, 0.29) is 5.75 Å². The van der Waals surface area contributed by atoms with Gasteiger partial charge in [-0.15, -0.1) is 0 Å². The molecule has 0 amide bonds. The second kappa shape index (κ2) is 7.56. The van der Waals surface area contributed by atoms with Gasteiger partial charge in [0.1, 0.15) is 5.75 Å². The molecule has 0 spiro atoms. The topological polar surface area (TPSA) is 26.3 Å². The summed E-state index contributed by atoms with van der Waals surface area (Å²) >= 11 is 4.53. The van der Waals surface area contributed by atoms with Crippen LogP contribution >= 0.6 is 12.6 Å². The highest BCUT2D eigenvalue weighted by Crippen LogP contribution is 2.35. The average molecular weight is 362 g/mol. The normalized spacial score (nSPS) is 20.3. The third-order valence-electron chi connectivity index (χ3n) is 4.74. The van der Waals surface area contributed by atoms with E-state index >= 15 is 0 Å². The molecule has 0 atom stereocenters. The number of carbonyl (C=O) groups excluding carboxylic acids is 1. The van der Waals surface area contributed by atoms with Crippen molar-refractivity contribution < 1.29 is 18.3 Å². The zero-order valence-corrected chi connectivity index (χ0v) is 14.9. The van der Waals surface area contributed by atoms with Crippen molar-refractivity contribution in [3.8, 4) is 5.75 Å². The molecule has 0 N–H and O–H groups in total. The van der Waals surface area contributed by atoms with Gasteiger partial charge in [0.15, 0.2) is 11.6 Å². The molecule has 0 heterocycles. The van der Waals surface area contributed by atoms with Crippen LogP contribution in [0.1, 0.15) is 53.1 Å². The number of ether oxygens (including phenoxy) is 1. The van der Waals surface area contributed by atoms with Gasteiger partial charge in [-0.25, -0.2) is 13.6 Å². The Morgan fingerprint density at radius 3 is 2.40 bits per heavy atom. The molecule has 1 aliphatic carbocycles. The highest BCUT2D eigenvalue weighted by molar-refractivity contribution is 7.80. The number of thiol groups is 1. The quantitative estimate of drug-likeness (QED) is 0.446. The molecule has 2 nitrogen and oxygen atoms in total. The number of hydrogen-bond donors (Lipinski definition) is 1. The van der Waals surface area contributed by atoms with Gasteiger partial charge in [-0.2, -0.15) is 12.6 Å². The van der Waals surface area contributed by atoms with Crippen molar-refractivity contribution >= 4 is 18.6 Å². The van der Waals surface area contributed by atoms with Crippen molar-refractivity contribution in [3.05, 3.63) is 64.7 Å². The highest BCUT2D eigenvalue weighted by atomic mass is 32.1. The van der Waals surface area contributed by atoms with Crippen molar-refractivity contribution in [1.82, 2.24) is 0 Å². The summed E-state index contributed by atoms with van der Waals surface area (Å²) in [5, 5.41) is 0.489. The van der Waals surface area contributed by atoms with E-state index in [2.05, 4.69) is 12.6 Å². The Morgan fingerprint density at radius 2 is 1.76 bits per heavy atom. The van der Waals surface area contributed by atoms with Crippen LogP contribution in [0.15, 0.2) is 36.4 Å². The summed E-state index contributed by atoms with van der Waals surface area (Å²) in [4.78, 5) is 12.3. The highest BCUT2D eigenvalue weighted by Gasteiger charge is 2.21. The maximum absolute atomic E-state index is 13.2. The van der Waals surface area contributed by atoms with Crippen LogP contribution in [0.2, 0.25) is 0 Å². The van der Waals surface area contributed by atoms with Gasteiger partial charge in [-0.05, 0) is 67.9 Å². The number of carbonyl (C=O) groups is 1. The predicted octanol–water partition coefficient (Wildman–Crippen LogP) is 5.45. The summed E-state index contributed by atoms with van der Waals surface area (Å²) in [5.41, 5.74) is 2.47. The molecule has 0 aromatic heterocycles. The van der Waals surface area contributed by atoms with Crippen LogP contribution in [0.25, 0.3) is 0 Å². The third-order valence-corrected chi connectivity index (χ3v) is 5.26. The van der Waals surface area contributed by atoms with Gasteiger partial charge in [0.2, 0.25) is 0 Å². The number of aryl methyl sites for hydroxylation is 1. The summed E-state index contributed by atoms with van der Waals surface area (Å²) in [6.45, 7) is 1.86. The van der Waals surface area contributed by atoms with Crippen LogP contribution in [-0.2, 0) is 0 Å². The maximum atomic E-state index is 13.2. The zero-order chi connectivity index (χ0) is 18.0. The van der Waals surface area contributed by atoms with Gasteiger partial charge >= 0.3 is 5.97 Å². The Bertz CT molecular complexity index is 783. The standard InChI is InChI=1S/C20H20F2O2S/c1-12-10-14(13-2-6-16(25)7-3-13)4-8-17(12)20(23)24-15-5-9-18(21)19(22)11-15/h4-5,8-11,13,16,25H,2-3,6-7H2,1H3. The minimum absolute atomic E-state index is 0.0144. The van der Waals surface area contributed by atoms with Gasteiger partial charge in [0, 0.05) is 11.3 Å². The first-order chi connectivity index (χ1) is 11.9. The second-order valence-electron chi connectivity index (χ2n) is 6.55. The van der Waals surface area contributed by atoms with E-state index in [0.717, 1.165) is 43.4 Å². The van der Waals surface area contributed by atoms with Gasteiger partial charge in [0.05, 0.1) is 5.56 Å². The van der Waals surface area contributed by atoms with E-state index in [1.54, 1.807) is 6.07 Å². The van der Waals surface area contributed by atoms with Crippen LogP contribution < -0.4 is 4.74 Å². The molecular formula is C20H20F2O2S. The smallest absolute Gasteiger partial charge is 0.343 e. The summed E-state index contributed by atoms with van der Waals surface area (Å²) in [6.07, 6.45) is 4.41. The van der Waals surface area contributed by atoms with E-state index in [1.165, 1.54) is 11.6 Å². The first kappa shape index (κ1) is 17.9. The Morgan fingerprint density at radius 1 is 1.04 bits per heavy atom. The molecule has 3 rings (SSSR count). The Hall–Kier alpha value is -1.88. The monoisotopic (exact) mass is 362 g/mol. The van der Waals surface area contributed by atoms with Crippen molar-refractivity contribution in [2.75, 3.05) is 0 Å². The largest absolute Gasteiger partial charge is 0.423 e. The zero-order valence-electron chi connectivity index (χ0n) is 14.0. The van der Waals surface area contributed by atoms with Crippen LogP contribution in [0.3, 0.4) is 0 Å². The van der Waals surface area contributed by atoms with Gasteiger partial charge < -0.3 is 4.74 Å². The molecule has 0 aliphatic heterocycles. The lowest BCUT2D eigenvalue weighted by molar-refractivity contribution is 0.0733. The maximum Gasteiger partial charge on any atom is 0.343 e. The Kier molecular flexibility index (Phi) is 5.42. The molecule has 0 unspecified atom stereocenters. The molecule has 0 bridgehead atoms. The molecule has 1 aliphatic rings. The molecule has 2 aromatic carbocycles. The molecule has 132 valence electrons. The molecule has 2 aromatic rings. The van der Waals surface area contributed by atoms with Gasteiger partial charge in [0.25, 0.3) is 0 Å². The van der Waals surface area contributed by atoms with E-state index < -0.39 is 17.6 Å². The molecular weight excluding hydrogens is 342 g/mol. The van der Waals surface area contributed by atoms with Crippen LogP contribution in [0.4, 0.5) is 8.78 Å². The van der Waals surface area contributed by atoms with E-state index in [0.29, 0.717) is 16.7 Å².